The van der Waals surface area contributed by atoms with Crippen LogP contribution in [0.2, 0.25) is 0 Å². The third kappa shape index (κ3) is 3.23. The fourth-order valence-corrected chi connectivity index (χ4v) is 5.16. The van der Waals surface area contributed by atoms with Gasteiger partial charge in [-0.15, -0.1) is 11.3 Å². The molecular weight excluding hydrogens is 360 g/mol. The average Bonchev–Trinajstić information content (AvgIpc) is 3.13. The number of methoxy groups -OCH3 is 1. The van der Waals surface area contributed by atoms with Gasteiger partial charge in [0.25, 0.3) is 5.91 Å². The van der Waals surface area contributed by atoms with Crippen molar-refractivity contribution >= 4 is 28.8 Å². The van der Waals surface area contributed by atoms with Gasteiger partial charge in [-0.05, 0) is 50.3 Å². The quantitative estimate of drug-likeness (QED) is 0.814. The topological polar surface area (TPSA) is 49.9 Å². The zero-order valence-electron chi connectivity index (χ0n) is 15.7. The predicted molar refractivity (Wildman–Crippen MR) is 107 cm³/mol. The molecule has 1 unspecified atom stereocenters. The van der Waals surface area contributed by atoms with E-state index in [4.69, 9.17) is 4.74 Å². The summed E-state index contributed by atoms with van der Waals surface area (Å²) in [6.07, 6.45) is 4.39. The molecule has 1 atom stereocenters. The minimum atomic E-state index is -0.0740. The van der Waals surface area contributed by atoms with Gasteiger partial charge >= 0.3 is 0 Å². The van der Waals surface area contributed by atoms with Gasteiger partial charge in [0, 0.05) is 22.8 Å². The van der Waals surface area contributed by atoms with Crippen molar-refractivity contribution in [1.29, 1.82) is 0 Å². The van der Waals surface area contributed by atoms with E-state index in [9.17, 15) is 9.59 Å². The van der Waals surface area contributed by atoms with Crippen LogP contribution in [0.25, 0.3) is 0 Å². The van der Waals surface area contributed by atoms with Crippen LogP contribution >= 0.6 is 11.3 Å². The van der Waals surface area contributed by atoms with E-state index in [1.165, 1.54) is 16.9 Å². The number of hydrogen-bond donors (Lipinski definition) is 0. The van der Waals surface area contributed by atoms with E-state index in [1.54, 1.807) is 28.2 Å². The minimum Gasteiger partial charge on any atom is -0.495 e. The average molecular weight is 385 g/mol. The number of fused-ring (bicyclic) bond motifs is 1. The molecule has 0 spiro atoms. The molecule has 4 rings (SSSR count). The summed E-state index contributed by atoms with van der Waals surface area (Å²) in [6, 6.07) is 7.46. The lowest BCUT2D eigenvalue weighted by molar-refractivity contribution is -0.121. The Hall–Kier alpha value is -2.34. The molecule has 1 aliphatic carbocycles. The lowest BCUT2D eigenvalue weighted by atomic mass is 9.95. The molecule has 1 fully saturated rings. The van der Waals surface area contributed by atoms with Crippen LogP contribution in [0.15, 0.2) is 29.6 Å². The molecule has 5 nitrogen and oxygen atoms in total. The highest BCUT2D eigenvalue weighted by molar-refractivity contribution is 7.10. The molecule has 27 heavy (non-hydrogen) atoms. The first kappa shape index (κ1) is 18.0. The number of anilines is 1. The number of carbonyl (C=O) groups excluding carboxylic acids is 2. The number of para-hydroxylation sites is 2. The Morgan fingerprint density at radius 3 is 2.81 bits per heavy atom. The van der Waals surface area contributed by atoms with Gasteiger partial charge in [0.1, 0.15) is 12.3 Å². The van der Waals surface area contributed by atoms with Crippen molar-refractivity contribution in [3.05, 3.63) is 45.6 Å². The number of thiophene rings is 1. The zero-order valence-corrected chi connectivity index (χ0v) is 16.6. The normalized spacial score (nSPS) is 19.8. The maximum atomic E-state index is 13.2. The molecule has 1 aromatic carbocycles. The first-order valence-corrected chi connectivity index (χ1v) is 10.3. The van der Waals surface area contributed by atoms with Crippen LogP contribution in [-0.2, 0) is 17.6 Å². The first-order chi connectivity index (χ1) is 13.1. The summed E-state index contributed by atoms with van der Waals surface area (Å²) >= 11 is 1.69. The number of aryl methyl sites for hydroxylation is 1. The molecule has 2 heterocycles. The largest absolute Gasteiger partial charge is 0.495 e. The SMILES string of the molecule is COc1ccccc1N1CC(C)N(C(=O)c2csc3c2CCCC3)CC1=O. The van der Waals surface area contributed by atoms with E-state index in [2.05, 4.69) is 0 Å². The number of rotatable bonds is 3. The Bertz CT molecular complexity index is 876. The second kappa shape index (κ2) is 7.35. The Labute approximate surface area is 163 Å². The van der Waals surface area contributed by atoms with Crippen molar-refractivity contribution < 1.29 is 14.3 Å². The monoisotopic (exact) mass is 384 g/mol. The van der Waals surface area contributed by atoms with E-state index in [0.29, 0.717) is 12.3 Å². The van der Waals surface area contributed by atoms with Gasteiger partial charge in [-0.2, -0.15) is 0 Å². The van der Waals surface area contributed by atoms with Gasteiger partial charge < -0.3 is 14.5 Å². The van der Waals surface area contributed by atoms with E-state index >= 15 is 0 Å². The fourth-order valence-electron chi connectivity index (χ4n) is 4.04. The van der Waals surface area contributed by atoms with Crippen LogP contribution in [0, 0.1) is 0 Å². The minimum absolute atomic E-state index is 0.00470. The van der Waals surface area contributed by atoms with E-state index in [0.717, 1.165) is 30.5 Å². The summed E-state index contributed by atoms with van der Waals surface area (Å²) in [6.45, 7) is 2.57. The number of benzene rings is 1. The van der Waals surface area contributed by atoms with Crippen molar-refractivity contribution in [2.75, 3.05) is 25.1 Å². The van der Waals surface area contributed by atoms with Crippen LogP contribution < -0.4 is 9.64 Å². The molecule has 0 saturated carbocycles. The Kier molecular flexibility index (Phi) is 4.91. The van der Waals surface area contributed by atoms with Crippen LogP contribution in [0.5, 0.6) is 5.75 Å². The maximum Gasteiger partial charge on any atom is 0.255 e. The van der Waals surface area contributed by atoms with Gasteiger partial charge in [0.2, 0.25) is 5.91 Å². The van der Waals surface area contributed by atoms with E-state index < -0.39 is 0 Å². The number of nitrogens with zero attached hydrogens (tertiary/aromatic N) is 2. The lowest BCUT2D eigenvalue weighted by Gasteiger charge is -2.39. The summed E-state index contributed by atoms with van der Waals surface area (Å²) in [4.78, 5) is 30.9. The fraction of sp³-hybridized carbons (Fsp3) is 0.429. The highest BCUT2D eigenvalue weighted by atomic mass is 32.1. The van der Waals surface area contributed by atoms with Gasteiger partial charge in [-0.25, -0.2) is 0 Å². The summed E-state index contributed by atoms with van der Waals surface area (Å²) < 4.78 is 5.40. The zero-order chi connectivity index (χ0) is 19.0. The smallest absolute Gasteiger partial charge is 0.255 e. The molecule has 2 amide bonds. The molecule has 2 aliphatic rings. The molecule has 2 aromatic rings. The van der Waals surface area contributed by atoms with Crippen LogP contribution in [0.1, 0.15) is 40.6 Å². The molecule has 1 saturated heterocycles. The van der Waals surface area contributed by atoms with E-state index in [1.807, 2.05) is 36.6 Å². The van der Waals surface area contributed by atoms with Gasteiger partial charge in [0.15, 0.2) is 0 Å². The highest BCUT2D eigenvalue weighted by Gasteiger charge is 2.36. The second-order valence-electron chi connectivity index (χ2n) is 7.22. The predicted octanol–water partition coefficient (Wildman–Crippen LogP) is 3.51. The van der Waals surface area contributed by atoms with Gasteiger partial charge in [-0.3, -0.25) is 9.59 Å². The molecule has 1 aliphatic heterocycles. The third-order valence-corrected chi connectivity index (χ3v) is 6.60. The molecular formula is C21H24N2O3S. The number of hydrogen-bond acceptors (Lipinski definition) is 4. The molecule has 142 valence electrons. The van der Waals surface area contributed by atoms with Crippen LogP contribution in [-0.4, -0.2) is 43.0 Å². The molecule has 1 aromatic heterocycles. The maximum absolute atomic E-state index is 13.2. The number of carbonyl (C=O) groups is 2. The summed E-state index contributed by atoms with van der Waals surface area (Å²) in [5.74, 6) is 0.592. The molecule has 6 heteroatoms. The first-order valence-electron chi connectivity index (χ1n) is 9.43. The lowest BCUT2D eigenvalue weighted by Crippen LogP contribution is -2.57. The van der Waals surface area contributed by atoms with Crippen molar-refractivity contribution in [3.8, 4) is 5.75 Å². The molecule has 0 radical (unpaired) electrons. The van der Waals surface area contributed by atoms with Crippen molar-refractivity contribution in [2.24, 2.45) is 0 Å². The van der Waals surface area contributed by atoms with E-state index in [-0.39, 0.29) is 24.4 Å². The molecule has 0 bridgehead atoms. The highest BCUT2D eigenvalue weighted by Crippen LogP contribution is 2.33. The standard InChI is InChI=1S/C21H24N2O3S/c1-14-11-23(17-8-4-5-9-18(17)26-2)20(24)12-22(14)21(25)16-13-27-19-10-6-3-7-15(16)19/h4-5,8-9,13-14H,3,6-7,10-12H2,1-2H3. The van der Waals surface area contributed by atoms with Gasteiger partial charge in [-0.1, -0.05) is 12.1 Å². The van der Waals surface area contributed by atoms with Crippen LogP contribution in [0.3, 0.4) is 0 Å². The summed E-state index contributed by atoms with van der Waals surface area (Å²) in [5.41, 5.74) is 2.78. The second-order valence-corrected chi connectivity index (χ2v) is 8.18. The Morgan fingerprint density at radius 1 is 1.22 bits per heavy atom. The third-order valence-electron chi connectivity index (χ3n) is 5.51. The Morgan fingerprint density at radius 2 is 2.00 bits per heavy atom. The summed E-state index contributed by atoms with van der Waals surface area (Å²) in [7, 11) is 1.60. The number of piperazine rings is 1. The summed E-state index contributed by atoms with van der Waals surface area (Å²) in [5, 5.41) is 1.99. The number of ether oxygens (including phenoxy) is 1. The van der Waals surface area contributed by atoms with Crippen molar-refractivity contribution in [1.82, 2.24) is 4.90 Å². The number of amides is 2. The van der Waals surface area contributed by atoms with Crippen molar-refractivity contribution in [3.63, 3.8) is 0 Å². The van der Waals surface area contributed by atoms with Gasteiger partial charge in [0.05, 0.1) is 18.4 Å². The molecule has 0 N–H and O–H groups in total. The van der Waals surface area contributed by atoms with Crippen molar-refractivity contribution in [2.45, 2.75) is 38.6 Å². The van der Waals surface area contributed by atoms with Crippen LogP contribution in [0.4, 0.5) is 5.69 Å². The Balaban J connectivity index is 1.56.